The smallest absolute Gasteiger partial charge is 0.0731 e. The average Bonchev–Trinajstić information content (AvgIpc) is 2.78. The molecule has 15 heavy (non-hydrogen) atoms. The molecule has 0 radical (unpaired) electrons. The van der Waals surface area contributed by atoms with Crippen molar-refractivity contribution in [2.75, 3.05) is 6.61 Å². The van der Waals surface area contributed by atoms with E-state index in [1.54, 1.807) is 11.3 Å². The third-order valence-corrected chi connectivity index (χ3v) is 5.47. The van der Waals surface area contributed by atoms with Gasteiger partial charge in [0.1, 0.15) is 0 Å². The van der Waals surface area contributed by atoms with E-state index >= 15 is 0 Å². The zero-order chi connectivity index (χ0) is 10.8. The van der Waals surface area contributed by atoms with Crippen molar-refractivity contribution in [3.63, 3.8) is 0 Å². The lowest BCUT2D eigenvalue weighted by atomic mass is 10.1. The highest BCUT2D eigenvalue weighted by Crippen LogP contribution is 2.37. The topological polar surface area (TPSA) is 9.23 Å². The van der Waals surface area contributed by atoms with E-state index in [2.05, 4.69) is 28.9 Å². The van der Waals surface area contributed by atoms with Gasteiger partial charge < -0.3 is 4.74 Å². The molecule has 1 aromatic rings. The number of ether oxygens (including phenoxy) is 1. The number of rotatable bonds is 3. The Morgan fingerprint density at radius 1 is 1.73 bits per heavy atom. The third kappa shape index (κ3) is 2.96. The maximum atomic E-state index is 6.38. The fraction of sp³-hybridized carbons (Fsp3) is 0.636. The Labute approximate surface area is 108 Å². The van der Waals surface area contributed by atoms with E-state index in [0.717, 1.165) is 19.4 Å². The molecule has 1 fully saturated rings. The van der Waals surface area contributed by atoms with Crippen molar-refractivity contribution in [1.29, 1.82) is 0 Å². The van der Waals surface area contributed by atoms with Crippen molar-refractivity contribution in [1.82, 2.24) is 0 Å². The lowest BCUT2D eigenvalue weighted by molar-refractivity contribution is 0.103. The first-order valence-corrected chi connectivity index (χ1v) is 7.23. The van der Waals surface area contributed by atoms with Crippen LogP contribution in [0.3, 0.4) is 0 Å². The summed E-state index contributed by atoms with van der Waals surface area (Å²) < 4.78 is 6.78. The first-order chi connectivity index (χ1) is 7.16. The monoisotopic (exact) mass is 308 g/mol. The first kappa shape index (κ1) is 11.9. The number of thiophene rings is 1. The second-order valence-corrected chi connectivity index (χ2v) is 6.87. The normalized spacial score (nSPS) is 23.3. The molecule has 84 valence electrons. The predicted octanol–water partition coefficient (Wildman–Crippen LogP) is 4.67. The van der Waals surface area contributed by atoms with E-state index < -0.39 is 0 Å². The summed E-state index contributed by atoms with van der Waals surface area (Å²) in [7, 11) is 0. The molecule has 2 rings (SSSR count). The number of aryl methyl sites for hydroxylation is 1. The van der Waals surface area contributed by atoms with E-state index in [0.29, 0.717) is 6.10 Å². The number of hydrogen-bond donors (Lipinski definition) is 0. The van der Waals surface area contributed by atoms with E-state index in [9.17, 15) is 0 Å². The average molecular weight is 310 g/mol. The molecule has 0 spiro atoms. The van der Waals surface area contributed by atoms with Crippen LogP contribution in [0.5, 0.6) is 0 Å². The number of alkyl halides is 1. The molecular formula is C11H14BrClOS. The zero-order valence-electron chi connectivity index (χ0n) is 8.63. The van der Waals surface area contributed by atoms with Crippen LogP contribution in [-0.4, -0.2) is 12.7 Å². The van der Waals surface area contributed by atoms with Crippen molar-refractivity contribution < 1.29 is 4.74 Å². The van der Waals surface area contributed by atoms with Crippen molar-refractivity contribution in [3.8, 4) is 0 Å². The van der Waals surface area contributed by atoms with Crippen LogP contribution in [-0.2, 0) is 4.74 Å². The van der Waals surface area contributed by atoms with Gasteiger partial charge in [-0.2, -0.15) is 0 Å². The second kappa shape index (κ2) is 5.17. The Morgan fingerprint density at radius 3 is 3.07 bits per heavy atom. The molecule has 2 unspecified atom stereocenters. The second-order valence-electron chi connectivity index (χ2n) is 3.94. The maximum absolute atomic E-state index is 6.38. The summed E-state index contributed by atoms with van der Waals surface area (Å²) in [5.41, 5.74) is 1.27. The molecule has 1 nitrogen and oxygen atoms in total. The SMILES string of the molecule is Cc1cc(C(Cl)CC2CCCO2)sc1Br. The Kier molecular flexibility index (Phi) is 4.10. The minimum Gasteiger partial charge on any atom is -0.378 e. The molecule has 2 heterocycles. The van der Waals surface area contributed by atoms with Gasteiger partial charge in [-0.15, -0.1) is 22.9 Å². The van der Waals surface area contributed by atoms with E-state index in [1.165, 1.54) is 20.6 Å². The molecule has 0 N–H and O–H groups in total. The first-order valence-electron chi connectivity index (χ1n) is 5.18. The summed E-state index contributed by atoms with van der Waals surface area (Å²) in [5, 5.41) is 0.100. The highest BCUT2D eigenvalue weighted by molar-refractivity contribution is 9.11. The van der Waals surface area contributed by atoms with Gasteiger partial charge in [0.25, 0.3) is 0 Å². The lowest BCUT2D eigenvalue weighted by Crippen LogP contribution is -2.07. The van der Waals surface area contributed by atoms with Gasteiger partial charge >= 0.3 is 0 Å². The van der Waals surface area contributed by atoms with Crippen LogP contribution in [0.2, 0.25) is 0 Å². The molecule has 1 aromatic heterocycles. The molecule has 2 atom stereocenters. The van der Waals surface area contributed by atoms with Gasteiger partial charge in [0.2, 0.25) is 0 Å². The Morgan fingerprint density at radius 2 is 2.53 bits per heavy atom. The molecule has 0 saturated carbocycles. The molecule has 1 saturated heterocycles. The molecule has 0 aromatic carbocycles. The Hall–Kier alpha value is 0.430. The van der Waals surface area contributed by atoms with Gasteiger partial charge in [0, 0.05) is 11.5 Å². The van der Waals surface area contributed by atoms with Gasteiger partial charge in [-0.25, -0.2) is 0 Å². The summed E-state index contributed by atoms with van der Waals surface area (Å²) >= 11 is 11.6. The number of hydrogen-bond acceptors (Lipinski definition) is 2. The van der Waals surface area contributed by atoms with Crippen molar-refractivity contribution >= 4 is 38.9 Å². The van der Waals surface area contributed by atoms with Crippen molar-refractivity contribution in [2.45, 2.75) is 37.7 Å². The van der Waals surface area contributed by atoms with Crippen LogP contribution < -0.4 is 0 Å². The highest BCUT2D eigenvalue weighted by atomic mass is 79.9. The molecule has 0 bridgehead atoms. The summed E-state index contributed by atoms with van der Waals surface area (Å²) in [4.78, 5) is 1.25. The van der Waals surface area contributed by atoms with Gasteiger partial charge in [-0.1, -0.05) is 0 Å². The Balaban J connectivity index is 1.97. The third-order valence-electron chi connectivity index (χ3n) is 2.68. The summed E-state index contributed by atoms with van der Waals surface area (Å²) in [6.45, 7) is 3.00. The van der Waals surface area contributed by atoms with Crippen LogP contribution >= 0.6 is 38.9 Å². The van der Waals surface area contributed by atoms with E-state index in [-0.39, 0.29) is 5.38 Å². The summed E-state index contributed by atoms with van der Waals surface area (Å²) in [5.74, 6) is 0. The molecule has 1 aliphatic rings. The summed E-state index contributed by atoms with van der Waals surface area (Å²) in [6, 6.07) is 2.17. The van der Waals surface area contributed by atoms with Gasteiger partial charge in [0.15, 0.2) is 0 Å². The summed E-state index contributed by atoms with van der Waals surface area (Å²) in [6.07, 6.45) is 3.65. The fourth-order valence-electron chi connectivity index (χ4n) is 1.82. The van der Waals surface area contributed by atoms with Crippen molar-refractivity contribution in [3.05, 3.63) is 20.3 Å². The lowest BCUT2D eigenvalue weighted by Gasteiger charge is -2.12. The van der Waals surface area contributed by atoms with Gasteiger partial charge in [-0.3, -0.25) is 0 Å². The van der Waals surface area contributed by atoms with E-state index in [1.807, 2.05) is 0 Å². The minimum atomic E-state index is 0.100. The quantitative estimate of drug-likeness (QED) is 0.737. The standard InChI is InChI=1S/C11H14BrClOS/c1-7-5-10(15-11(7)12)9(13)6-8-3-2-4-14-8/h5,8-9H,2-4,6H2,1H3. The van der Waals surface area contributed by atoms with Crippen LogP contribution in [0.15, 0.2) is 9.85 Å². The largest absolute Gasteiger partial charge is 0.378 e. The predicted molar refractivity (Wildman–Crippen MR) is 68.9 cm³/mol. The van der Waals surface area contributed by atoms with Crippen molar-refractivity contribution in [2.24, 2.45) is 0 Å². The number of halogens is 2. The minimum absolute atomic E-state index is 0.100. The van der Waals surface area contributed by atoms with Crippen LogP contribution in [0.4, 0.5) is 0 Å². The Bertz CT molecular complexity index is 314. The molecule has 0 aliphatic carbocycles. The molecule has 1 aliphatic heterocycles. The molecule has 0 amide bonds. The molecular weight excluding hydrogens is 296 g/mol. The highest BCUT2D eigenvalue weighted by Gasteiger charge is 2.21. The van der Waals surface area contributed by atoms with E-state index in [4.69, 9.17) is 16.3 Å². The van der Waals surface area contributed by atoms with Gasteiger partial charge in [0.05, 0.1) is 15.3 Å². The van der Waals surface area contributed by atoms with Gasteiger partial charge in [-0.05, 0) is 53.7 Å². The fourth-order valence-corrected chi connectivity index (χ4v) is 3.77. The van der Waals surface area contributed by atoms with Crippen LogP contribution in [0, 0.1) is 6.92 Å². The molecule has 4 heteroatoms. The van der Waals surface area contributed by atoms with Crippen LogP contribution in [0.25, 0.3) is 0 Å². The maximum Gasteiger partial charge on any atom is 0.0731 e. The van der Waals surface area contributed by atoms with Crippen LogP contribution in [0.1, 0.15) is 35.1 Å². The zero-order valence-corrected chi connectivity index (χ0v) is 11.8.